The molecule has 14 heavy (non-hydrogen) atoms. The van der Waals surface area contributed by atoms with Crippen molar-refractivity contribution in [3.8, 4) is 0 Å². The molecule has 4 heteroatoms. The zero-order valence-corrected chi connectivity index (χ0v) is 7.88. The van der Waals surface area contributed by atoms with E-state index in [0.717, 1.165) is 10.8 Å². The fraction of sp³-hybridized carbons (Fsp3) is 0. The number of isothiocyanates is 1. The average molecular weight is 204 g/mol. The van der Waals surface area contributed by atoms with Crippen molar-refractivity contribution in [3.05, 3.63) is 36.3 Å². The minimum absolute atomic E-state index is 0.273. The van der Waals surface area contributed by atoms with Crippen molar-refractivity contribution in [1.82, 2.24) is 4.98 Å². The van der Waals surface area contributed by atoms with E-state index >= 15 is 0 Å². The zero-order chi connectivity index (χ0) is 9.97. The van der Waals surface area contributed by atoms with Crippen LogP contribution >= 0.6 is 12.2 Å². The summed E-state index contributed by atoms with van der Waals surface area (Å²) in [7, 11) is 0. The lowest BCUT2D eigenvalue weighted by molar-refractivity contribution is 0.629. The maximum absolute atomic E-state index is 12.8. The number of benzene rings is 1. The fourth-order valence-corrected chi connectivity index (χ4v) is 1.30. The van der Waals surface area contributed by atoms with Crippen LogP contribution in [0.4, 0.5) is 10.2 Å². The number of aromatic nitrogens is 1. The Kier molecular flexibility index (Phi) is 2.31. The molecule has 0 aliphatic carbocycles. The van der Waals surface area contributed by atoms with Crippen LogP contribution in [0, 0.1) is 5.82 Å². The predicted molar refractivity (Wildman–Crippen MR) is 56.4 cm³/mol. The summed E-state index contributed by atoms with van der Waals surface area (Å²) in [5.41, 5.74) is 0. The lowest BCUT2D eigenvalue weighted by atomic mass is 10.2. The van der Waals surface area contributed by atoms with Gasteiger partial charge in [0.2, 0.25) is 0 Å². The van der Waals surface area contributed by atoms with E-state index in [0.29, 0.717) is 5.82 Å². The summed E-state index contributed by atoms with van der Waals surface area (Å²) in [6.45, 7) is 0. The molecule has 1 aromatic heterocycles. The Hall–Kier alpha value is -1.64. The molecule has 2 rings (SSSR count). The number of pyridine rings is 1. The summed E-state index contributed by atoms with van der Waals surface area (Å²) >= 11 is 4.46. The van der Waals surface area contributed by atoms with E-state index in [1.807, 2.05) is 0 Å². The fourth-order valence-electron chi connectivity index (χ4n) is 1.21. The van der Waals surface area contributed by atoms with Gasteiger partial charge in [-0.25, -0.2) is 9.37 Å². The second-order valence-corrected chi connectivity index (χ2v) is 2.92. The van der Waals surface area contributed by atoms with E-state index < -0.39 is 0 Å². The molecule has 68 valence electrons. The van der Waals surface area contributed by atoms with Gasteiger partial charge in [0.25, 0.3) is 0 Å². The third kappa shape index (κ3) is 1.66. The SMILES string of the molecule is Fc1ccc2cc(N=C=S)ncc2c1. The maximum atomic E-state index is 12.8. The highest BCUT2D eigenvalue weighted by Gasteiger charge is 1.97. The normalized spacial score (nSPS) is 9.79. The Labute approximate surface area is 85.1 Å². The Morgan fingerprint density at radius 2 is 2.14 bits per heavy atom. The average Bonchev–Trinajstić information content (AvgIpc) is 2.19. The van der Waals surface area contributed by atoms with Gasteiger partial charge in [-0.3, -0.25) is 0 Å². The van der Waals surface area contributed by atoms with Crippen molar-refractivity contribution in [2.75, 3.05) is 0 Å². The summed E-state index contributed by atoms with van der Waals surface area (Å²) < 4.78 is 12.8. The van der Waals surface area contributed by atoms with Crippen LogP contribution in [0.1, 0.15) is 0 Å². The highest BCUT2D eigenvalue weighted by atomic mass is 32.1. The first-order valence-electron chi connectivity index (χ1n) is 3.93. The number of halogens is 1. The second kappa shape index (κ2) is 3.62. The number of hydrogen-bond donors (Lipinski definition) is 0. The van der Waals surface area contributed by atoms with Gasteiger partial charge in [0.1, 0.15) is 5.82 Å². The number of aliphatic imine (C=N–C) groups is 1. The lowest BCUT2D eigenvalue weighted by Gasteiger charge is -1.97. The monoisotopic (exact) mass is 204 g/mol. The number of fused-ring (bicyclic) bond motifs is 1. The molecule has 0 unspecified atom stereocenters. The van der Waals surface area contributed by atoms with Crippen molar-refractivity contribution in [3.63, 3.8) is 0 Å². The van der Waals surface area contributed by atoms with Gasteiger partial charge in [-0.2, -0.15) is 4.99 Å². The zero-order valence-electron chi connectivity index (χ0n) is 7.07. The summed E-state index contributed by atoms with van der Waals surface area (Å²) in [6.07, 6.45) is 1.56. The van der Waals surface area contributed by atoms with Gasteiger partial charge in [-0.05, 0) is 35.8 Å². The quantitative estimate of drug-likeness (QED) is 0.526. The molecule has 0 aliphatic rings. The van der Waals surface area contributed by atoms with Gasteiger partial charge < -0.3 is 0 Å². The molecule has 0 aliphatic heterocycles. The molecule has 2 aromatic rings. The molecule has 0 saturated carbocycles. The molecule has 0 fully saturated rings. The van der Waals surface area contributed by atoms with Crippen LogP contribution in [0.25, 0.3) is 10.8 Å². The molecule has 1 aromatic carbocycles. The molecule has 2 nitrogen and oxygen atoms in total. The number of hydrogen-bond acceptors (Lipinski definition) is 3. The largest absolute Gasteiger partial charge is 0.236 e. The Bertz CT molecular complexity index is 533. The van der Waals surface area contributed by atoms with E-state index in [9.17, 15) is 4.39 Å². The standard InChI is InChI=1S/C10H5FN2S/c11-9-2-1-7-4-10(13-6-14)12-5-8(7)3-9/h1-5H. The van der Waals surface area contributed by atoms with Crippen molar-refractivity contribution in [2.45, 2.75) is 0 Å². The van der Waals surface area contributed by atoms with Gasteiger partial charge in [0.15, 0.2) is 5.82 Å². The van der Waals surface area contributed by atoms with Crippen LogP contribution in [0.5, 0.6) is 0 Å². The van der Waals surface area contributed by atoms with Gasteiger partial charge in [-0.15, -0.1) is 0 Å². The summed E-state index contributed by atoms with van der Waals surface area (Å²) in [6, 6.07) is 6.23. The van der Waals surface area contributed by atoms with Gasteiger partial charge in [0, 0.05) is 11.6 Å². The highest BCUT2D eigenvalue weighted by molar-refractivity contribution is 7.78. The maximum Gasteiger partial charge on any atom is 0.163 e. The topological polar surface area (TPSA) is 25.2 Å². The second-order valence-electron chi connectivity index (χ2n) is 2.74. The molecule has 0 radical (unpaired) electrons. The molecular formula is C10H5FN2S. The minimum atomic E-state index is -0.273. The molecule has 0 saturated heterocycles. The van der Waals surface area contributed by atoms with Crippen molar-refractivity contribution in [1.29, 1.82) is 0 Å². The number of thiocarbonyl (C=S) groups is 1. The van der Waals surface area contributed by atoms with Crippen molar-refractivity contribution >= 4 is 34.0 Å². The predicted octanol–water partition coefficient (Wildman–Crippen LogP) is 3.11. The first kappa shape index (κ1) is 8.94. The van der Waals surface area contributed by atoms with Crippen molar-refractivity contribution in [2.24, 2.45) is 4.99 Å². The molecule has 0 spiro atoms. The summed E-state index contributed by atoms with van der Waals surface area (Å²) in [4.78, 5) is 7.71. The third-order valence-corrected chi connectivity index (χ3v) is 1.92. The molecule has 1 heterocycles. The van der Waals surface area contributed by atoms with Crippen LogP contribution in [-0.2, 0) is 0 Å². The Morgan fingerprint density at radius 1 is 1.29 bits per heavy atom. The molecule has 0 N–H and O–H groups in total. The highest BCUT2D eigenvalue weighted by Crippen LogP contribution is 2.18. The van der Waals surface area contributed by atoms with E-state index in [4.69, 9.17) is 0 Å². The van der Waals surface area contributed by atoms with Gasteiger partial charge >= 0.3 is 0 Å². The lowest BCUT2D eigenvalue weighted by Crippen LogP contribution is -1.79. The van der Waals surface area contributed by atoms with Crippen LogP contribution in [0.15, 0.2) is 35.5 Å². The van der Waals surface area contributed by atoms with Crippen molar-refractivity contribution < 1.29 is 4.39 Å². The van der Waals surface area contributed by atoms with Crippen LogP contribution in [-0.4, -0.2) is 10.1 Å². The van der Waals surface area contributed by atoms with E-state index in [-0.39, 0.29) is 5.82 Å². The van der Waals surface area contributed by atoms with Gasteiger partial charge in [-0.1, -0.05) is 6.07 Å². The van der Waals surface area contributed by atoms with Gasteiger partial charge in [0.05, 0.1) is 5.16 Å². The Morgan fingerprint density at radius 3 is 2.93 bits per heavy atom. The molecule has 0 bridgehead atoms. The van der Waals surface area contributed by atoms with Crippen LogP contribution < -0.4 is 0 Å². The number of nitrogens with zero attached hydrogens (tertiary/aromatic N) is 2. The summed E-state index contributed by atoms with van der Waals surface area (Å²) in [5, 5.41) is 3.86. The van der Waals surface area contributed by atoms with Crippen LogP contribution in [0.2, 0.25) is 0 Å². The van der Waals surface area contributed by atoms with E-state index in [1.54, 1.807) is 18.3 Å². The summed E-state index contributed by atoms with van der Waals surface area (Å²) in [5.74, 6) is 0.212. The smallest absolute Gasteiger partial charge is 0.163 e. The first-order chi connectivity index (χ1) is 6.79. The molecule has 0 atom stereocenters. The minimum Gasteiger partial charge on any atom is -0.236 e. The number of rotatable bonds is 1. The third-order valence-electron chi connectivity index (χ3n) is 1.83. The first-order valence-corrected chi connectivity index (χ1v) is 4.33. The molecular weight excluding hydrogens is 199 g/mol. The van der Waals surface area contributed by atoms with Crippen LogP contribution in [0.3, 0.4) is 0 Å². The Balaban J connectivity index is 2.67. The van der Waals surface area contributed by atoms with E-state index in [2.05, 4.69) is 27.4 Å². The molecule has 0 amide bonds. The van der Waals surface area contributed by atoms with E-state index in [1.165, 1.54) is 12.1 Å².